The molecule has 4 rings (SSSR count). The molecule has 0 spiro atoms. The summed E-state index contributed by atoms with van der Waals surface area (Å²) < 4.78 is 34.4. The third-order valence-corrected chi connectivity index (χ3v) is 8.34. The Morgan fingerprint density at radius 3 is 2.67 bits per heavy atom. The summed E-state index contributed by atoms with van der Waals surface area (Å²) in [6.07, 6.45) is 7.55. The van der Waals surface area contributed by atoms with Gasteiger partial charge in [0.2, 0.25) is 10.0 Å². The van der Waals surface area contributed by atoms with Crippen LogP contribution in [0.3, 0.4) is 0 Å². The monoisotopic (exact) mass is 433 g/mol. The first kappa shape index (κ1) is 21.3. The van der Waals surface area contributed by atoms with Gasteiger partial charge in [-0.3, -0.25) is 9.69 Å². The van der Waals surface area contributed by atoms with Crippen molar-refractivity contribution in [3.63, 3.8) is 0 Å². The molecule has 0 bridgehead atoms. The maximum absolute atomic E-state index is 13.6. The van der Waals surface area contributed by atoms with Crippen molar-refractivity contribution in [3.8, 4) is 11.3 Å². The normalized spacial score (nSPS) is 21.7. The Morgan fingerprint density at radius 2 is 1.93 bits per heavy atom. The summed E-state index contributed by atoms with van der Waals surface area (Å²) in [4.78, 5) is 17.6. The lowest BCUT2D eigenvalue weighted by Gasteiger charge is -2.40. The number of H-pyrrole nitrogens is 1. The van der Waals surface area contributed by atoms with Gasteiger partial charge in [0.25, 0.3) is 5.56 Å². The molecule has 1 unspecified atom stereocenters. The second kappa shape index (κ2) is 8.69. The zero-order valence-corrected chi connectivity index (χ0v) is 18.6. The van der Waals surface area contributed by atoms with E-state index in [9.17, 15) is 13.2 Å². The molecule has 0 amide bonds. The van der Waals surface area contributed by atoms with Gasteiger partial charge < -0.3 is 9.40 Å². The number of pyridine rings is 1. The van der Waals surface area contributed by atoms with Crippen molar-refractivity contribution >= 4 is 10.0 Å². The average Bonchev–Trinajstić information content (AvgIpc) is 3.25. The zero-order valence-electron chi connectivity index (χ0n) is 17.8. The standard InChI is InChI=1S/C22H31N3O4S/c1-3-17-14-19(16(2)23-22(17)26)21-20(9-13-29-21)30(27,28)25-12-7-8-18(15-25)24-10-5-4-6-11-24/h9,13-14,18H,3-8,10-12,15H2,1-2H3,(H,23,26). The van der Waals surface area contributed by atoms with Crippen molar-refractivity contribution in [2.24, 2.45) is 0 Å². The van der Waals surface area contributed by atoms with E-state index in [0.717, 1.165) is 25.9 Å². The number of sulfonamides is 1. The van der Waals surface area contributed by atoms with Gasteiger partial charge >= 0.3 is 0 Å². The topological polar surface area (TPSA) is 86.6 Å². The molecule has 0 saturated carbocycles. The van der Waals surface area contributed by atoms with E-state index in [2.05, 4.69) is 9.88 Å². The van der Waals surface area contributed by atoms with Gasteiger partial charge in [-0.15, -0.1) is 0 Å². The Bertz CT molecular complexity index is 1050. The lowest BCUT2D eigenvalue weighted by Crippen LogP contribution is -2.51. The number of nitrogens with zero attached hydrogens (tertiary/aromatic N) is 2. The predicted molar refractivity (Wildman–Crippen MR) is 116 cm³/mol. The van der Waals surface area contributed by atoms with Crippen molar-refractivity contribution in [3.05, 3.63) is 40.0 Å². The van der Waals surface area contributed by atoms with Crippen LogP contribution < -0.4 is 5.56 Å². The molecular formula is C22H31N3O4S. The molecule has 2 aliphatic rings. The zero-order chi connectivity index (χ0) is 21.3. The van der Waals surface area contributed by atoms with Gasteiger partial charge in [-0.1, -0.05) is 13.3 Å². The van der Waals surface area contributed by atoms with Crippen LogP contribution in [0, 0.1) is 6.92 Å². The summed E-state index contributed by atoms with van der Waals surface area (Å²) in [6.45, 7) is 6.85. The van der Waals surface area contributed by atoms with E-state index in [1.54, 1.807) is 17.3 Å². The van der Waals surface area contributed by atoms with Crippen LogP contribution in [0.25, 0.3) is 11.3 Å². The first-order valence-electron chi connectivity index (χ1n) is 11.0. The second-order valence-corrected chi connectivity index (χ2v) is 10.3. The molecule has 4 heterocycles. The molecular weight excluding hydrogens is 402 g/mol. The summed E-state index contributed by atoms with van der Waals surface area (Å²) >= 11 is 0. The average molecular weight is 434 g/mol. The molecule has 1 atom stereocenters. The van der Waals surface area contributed by atoms with Crippen LogP contribution in [0.4, 0.5) is 0 Å². The van der Waals surface area contributed by atoms with Crippen LogP contribution in [-0.2, 0) is 16.4 Å². The van der Waals surface area contributed by atoms with Gasteiger partial charge in [-0.05, 0) is 64.3 Å². The summed E-state index contributed by atoms with van der Waals surface area (Å²) in [5, 5.41) is 0. The fraction of sp³-hybridized carbons (Fsp3) is 0.591. The van der Waals surface area contributed by atoms with E-state index in [4.69, 9.17) is 4.42 Å². The molecule has 0 aromatic carbocycles. The van der Waals surface area contributed by atoms with Gasteiger partial charge in [0.05, 0.1) is 6.26 Å². The van der Waals surface area contributed by atoms with Crippen LogP contribution in [0.15, 0.2) is 32.5 Å². The largest absolute Gasteiger partial charge is 0.463 e. The quantitative estimate of drug-likeness (QED) is 0.783. The van der Waals surface area contributed by atoms with Crippen molar-refractivity contribution in [2.75, 3.05) is 26.2 Å². The number of piperidine rings is 2. The number of aromatic nitrogens is 1. The molecule has 30 heavy (non-hydrogen) atoms. The second-order valence-electron chi connectivity index (χ2n) is 8.39. The van der Waals surface area contributed by atoms with E-state index in [0.29, 0.717) is 42.1 Å². The van der Waals surface area contributed by atoms with Gasteiger partial charge in [-0.25, -0.2) is 8.42 Å². The summed E-state index contributed by atoms with van der Waals surface area (Å²) in [5.74, 6) is 0.304. The fourth-order valence-corrected chi connectivity index (χ4v) is 6.36. The molecule has 7 nitrogen and oxygen atoms in total. The minimum absolute atomic E-state index is 0.143. The lowest BCUT2D eigenvalue weighted by atomic mass is 10.0. The van der Waals surface area contributed by atoms with Crippen LogP contribution in [0.5, 0.6) is 0 Å². The van der Waals surface area contributed by atoms with E-state index in [1.807, 2.05) is 6.92 Å². The van der Waals surface area contributed by atoms with Crippen LogP contribution in [0.1, 0.15) is 50.3 Å². The summed E-state index contributed by atoms with van der Waals surface area (Å²) in [5.41, 5.74) is 1.70. The van der Waals surface area contributed by atoms with E-state index in [-0.39, 0.29) is 16.5 Å². The molecule has 0 aliphatic carbocycles. The van der Waals surface area contributed by atoms with E-state index in [1.165, 1.54) is 31.6 Å². The van der Waals surface area contributed by atoms with Gasteiger partial charge in [0.15, 0.2) is 5.76 Å². The Morgan fingerprint density at radius 1 is 1.17 bits per heavy atom. The van der Waals surface area contributed by atoms with Crippen LogP contribution in [-0.4, -0.2) is 54.8 Å². The Balaban J connectivity index is 1.65. The third kappa shape index (κ3) is 4.00. The number of hydrogen-bond donors (Lipinski definition) is 1. The Hall–Kier alpha value is -1.90. The number of furan rings is 1. The first-order valence-corrected chi connectivity index (χ1v) is 12.4. The van der Waals surface area contributed by atoms with E-state index < -0.39 is 10.0 Å². The molecule has 1 N–H and O–H groups in total. The highest BCUT2D eigenvalue weighted by Crippen LogP contribution is 2.34. The molecule has 2 saturated heterocycles. The minimum Gasteiger partial charge on any atom is -0.463 e. The van der Waals surface area contributed by atoms with Crippen molar-refractivity contribution in [2.45, 2.75) is 63.3 Å². The van der Waals surface area contributed by atoms with Crippen LogP contribution >= 0.6 is 0 Å². The molecule has 2 aromatic heterocycles. The summed E-state index contributed by atoms with van der Waals surface area (Å²) in [7, 11) is -3.69. The van der Waals surface area contributed by atoms with Crippen molar-refractivity contribution in [1.82, 2.24) is 14.2 Å². The minimum atomic E-state index is -3.69. The fourth-order valence-electron chi connectivity index (χ4n) is 4.72. The molecule has 0 radical (unpaired) electrons. The molecule has 2 aliphatic heterocycles. The first-order chi connectivity index (χ1) is 14.4. The number of hydrogen-bond acceptors (Lipinski definition) is 5. The number of rotatable bonds is 5. The maximum Gasteiger partial charge on any atom is 0.251 e. The maximum atomic E-state index is 13.6. The lowest BCUT2D eigenvalue weighted by molar-refractivity contribution is 0.114. The highest BCUT2D eigenvalue weighted by molar-refractivity contribution is 7.89. The number of nitrogens with one attached hydrogen (secondary N) is 1. The van der Waals surface area contributed by atoms with E-state index >= 15 is 0 Å². The molecule has 2 fully saturated rings. The van der Waals surface area contributed by atoms with Gasteiger partial charge in [0.1, 0.15) is 4.90 Å². The highest BCUT2D eigenvalue weighted by Gasteiger charge is 2.35. The van der Waals surface area contributed by atoms with Gasteiger partial charge in [-0.2, -0.15) is 4.31 Å². The summed E-state index contributed by atoms with van der Waals surface area (Å²) in [6, 6.07) is 3.56. The number of likely N-dealkylation sites (tertiary alicyclic amines) is 1. The van der Waals surface area contributed by atoms with Crippen LogP contribution in [0.2, 0.25) is 0 Å². The van der Waals surface area contributed by atoms with Gasteiger partial charge in [0, 0.05) is 36.0 Å². The molecule has 8 heteroatoms. The third-order valence-electron chi connectivity index (χ3n) is 6.45. The smallest absolute Gasteiger partial charge is 0.251 e. The number of aryl methyl sites for hydroxylation is 2. The highest BCUT2D eigenvalue weighted by atomic mass is 32.2. The SMILES string of the molecule is CCc1cc(-c2occc2S(=O)(=O)N2CCCC(N3CCCCC3)C2)c(C)[nH]c1=O. The Kier molecular flexibility index (Phi) is 6.18. The molecule has 164 valence electrons. The molecule has 2 aromatic rings. The predicted octanol–water partition coefficient (Wildman–Crippen LogP) is 3.14. The van der Waals surface area contributed by atoms with Crippen molar-refractivity contribution < 1.29 is 12.8 Å². The van der Waals surface area contributed by atoms with Crippen molar-refractivity contribution in [1.29, 1.82) is 0 Å². The number of aromatic amines is 1. The Labute approximate surface area is 178 Å².